The monoisotopic (exact) mass is 396 g/mol. The lowest BCUT2D eigenvalue weighted by molar-refractivity contribution is 0.0472. The van der Waals surface area contributed by atoms with Gasteiger partial charge < -0.3 is 15.8 Å². The summed E-state index contributed by atoms with van der Waals surface area (Å²) in [6, 6.07) is 12.6. The number of nitrogens with zero attached hydrogens (tertiary/aromatic N) is 1. The van der Waals surface area contributed by atoms with Crippen LogP contribution in [0.15, 0.2) is 47.5 Å². The number of hydrogen-bond donors (Lipinski definition) is 3. The van der Waals surface area contributed by atoms with Crippen molar-refractivity contribution in [2.45, 2.75) is 40.2 Å². The lowest BCUT2D eigenvalue weighted by Crippen LogP contribution is -2.40. The van der Waals surface area contributed by atoms with Crippen LogP contribution in [0.5, 0.6) is 0 Å². The minimum atomic E-state index is -0.469. The number of hydrogen-bond acceptors (Lipinski definition) is 4. The zero-order valence-corrected chi connectivity index (χ0v) is 17.1. The van der Waals surface area contributed by atoms with Crippen molar-refractivity contribution in [3.8, 4) is 0 Å². The summed E-state index contributed by atoms with van der Waals surface area (Å²) >= 11 is 0. The van der Waals surface area contributed by atoms with Crippen molar-refractivity contribution in [1.82, 2.24) is 5.32 Å². The van der Waals surface area contributed by atoms with Gasteiger partial charge in [-0.2, -0.15) is 0 Å². The first-order valence-corrected chi connectivity index (χ1v) is 9.73. The van der Waals surface area contributed by atoms with E-state index in [4.69, 9.17) is 10.5 Å². The van der Waals surface area contributed by atoms with Crippen LogP contribution < -0.4 is 16.4 Å². The SMILES string of the molecule is CCN=C(N)NC(=O)Nc1c(CC)cc(C(=O)OCc2ccccc2)cc1CC. The molecule has 2 aromatic rings. The fraction of sp³-hybridized carbons (Fsp3) is 0.318. The molecule has 2 rings (SSSR count). The summed E-state index contributed by atoms with van der Waals surface area (Å²) in [5.41, 5.74) is 9.40. The van der Waals surface area contributed by atoms with Gasteiger partial charge in [0, 0.05) is 12.2 Å². The molecule has 4 N–H and O–H groups in total. The molecule has 0 unspecified atom stereocenters. The standard InChI is InChI=1S/C22H28N4O3/c1-4-16-12-18(20(27)29-14-15-10-8-7-9-11-15)13-17(5-2)19(16)25-22(28)26-21(23)24-6-3/h7-13H,4-6,14H2,1-3H3,(H4,23,24,25,26,28). The highest BCUT2D eigenvalue weighted by molar-refractivity contribution is 6.03. The molecule has 0 saturated carbocycles. The summed E-state index contributed by atoms with van der Waals surface area (Å²) in [7, 11) is 0. The second-order valence-corrected chi connectivity index (χ2v) is 6.38. The van der Waals surface area contributed by atoms with Crippen LogP contribution in [-0.4, -0.2) is 24.5 Å². The Bertz CT molecular complexity index is 854. The average molecular weight is 396 g/mol. The first-order valence-electron chi connectivity index (χ1n) is 9.73. The minimum Gasteiger partial charge on any atom is -0.457 e. The quantitative estimate of drug-likeness (QED) is 0.377. The summed E-state index contributed by atoms with van der Waals surface area (Å²) in [6.07, 6.45) is 1.28. The maximum atomic E-state index is 12.6. The van der Waals surface area contributed by atoms with E-state index in [1.165, 1.54) is 0 Å². The van der Waals surface area contributed by atoms with Crippen LogP contribution in [0.1, 0.15) is 47.8 Å². The maximum Gasteiger partial charge on any atom is 0.338 e. The van der Waals surface area contributed by atoms with Crippen molar-refractivity contribution in [2.24, 2.45) is 10.7 Å². The van der Waals surface area contributed by atoms with Gasteiger partial charge in [-0.1, -0.05) is 44.2 Å². The second-order valence-electron chi connectivity index (χ2n) is 6.38. The molecule has 0 radical (unpaired) electrons. The van der Waals surface area contributed by atoms with Crippen LogP contribution in [0.25, 0.3) is 0 Å². The van der Waals surface area contributed by atoms with Gasteiger partial charge >= 0.3 is 12.0 Å². The number of nitrogens with two attached hydrogens (primary N) is 1. The average Bonchev–Trinajstić information content (AvgIpc) is 2.72. The normalized spacial score (nSPS) is 11.1. The first kappa shape index (κ1) is 21.9. The number of guanidine groups is 1. The largest absolute Gasteiger partial charge is 0.457 e. The minimum absolute atomic E-state index is 0.0576. The number of carbonyl (C=O) groups is 2. The maximum absolute atomic E-state index is 12.6. The molecule has 0 aliphatic carbocycles. The summed E-state index contributed by atoms with van der Waals surface area (Å²) in [6.45, 7) is 6.44. The van der Waals surface area contributed by atoms with E-state index < -0.39 is 12.0 Å². The third kappa shape index (κ3) is 6.34. The lowest BCUT2D eigenvalue weighted by Gasteiger charge is -2.17. The van der Waals surface area contributed by atoms with Gasteiger partial charge in [-0.05, 0) is 48.6 Å². The van der Waals surface area contributed by atoms with Crippen LogP contribution in [0.3, 0.4) is 0 Å². The topological polar surface area (TPSA) is 106 Å². The second kappa shape index (κ2) is 10.8. The summed E-state index contributed by atoms with van der Waals surface area (Å²) in [5.74, 6) is -0.337. The van der Waals surface area contributed by atoms with Gasteiger partial charge in [0.15, 0.2) is 5.96 Å². The summed E-state index contributed by atoms with van der Waals surface area (Å²) in [5, 5.41) is 5.33. The van der Waals surface area contributed by atoms with Crippen LogP contribution in [0.2, 0.25) is 0 Å². The number of ether oxygens (including phenoxy) is 1. The van der Waals surface area contributed by atoms with Gasteiger partial charge in [0.05, 0.1) is 5.56 Å². The highest BCUT2D eigenvalue weighted by Crippen LogP contribution is 2.25. The van der Waals surface area contributed by atoms with Crippen LogP contribution in [-0.2, 0) is 24.2 Å². The Hall–Kier alpha value is -3.35. The number of nitrogens with one attached hydrogen (secondary N) is 2. The molecule has 7 heteroatoms. The lowest BCUT2D eigenvalue weighted by atomic mass is 9.99. The number of amides is 2. The van der Waals surface area contributed by atoms with E-state index >= 15 is 0 Å². The Balaban J connectivity index is 2.19. The Labute approximate surface area is 171 Å². The van der Waals surface area contributed by atoms with E-state index in [1.54, 1.807) is 12.1 Å². The molecule has 0 saturated heterocycles. The Kier molecular flexibility index (Phi) is 8.21. The number of rotatable bonds is 7. The van der Waals surface area contributed by atoms with Crippen molar-refractivity contribution in [1.29, 1.82) is 0 Å². The zero-order chi connectivity index (χ0) is 21.2. The van der Waals surface area contributed by atoms with E-state index in [1.807, 2.05) is 51.1 Å². The predicted octanol–water partition coefficient (Wildman–Crippen LogP) is 3.62. The molecule has 0 fully saturated rings. The third-order valence-electron chi connectivity index (χ3n) is 4.32. The summed E-state index contributed by atoms with van der Waals surface area (Å²) in [4.78, 5) is 28.7. The molecular weight excluding hydrogens is 368 g/mol. The molecule has 0 aliphatic heterocycles. The molecule has 2 amide bonds. The molecule has 154 valence electrons. The molecule has 0 aromatic heterocycles. The van der Waals surface area contributed by atoms with Crippen molar-refractivity contribution in [3.05, 3.63) is 64.7 Å². The number of aliphatic imine (C=N–C) groups is 1. The van der Waals surface area contributed by atoms with Crippen molar-refractivity contribution in [2.75, 3.05) is 11.9 Å². The van der Waals surface area contributed by atoms with Crippen molar-refractivity contribution >= 4 is 23.6 Å². The van der Waals surface area contributed by atoms with E-state index in [9.17, 15) is 9.59 Å². The van der Waals surface area contributed by atoms with Crippen molar-refractivity contribution < 1.29 is 14.3 Å². The fourth-order valence-electron chi connectivity index (χ4n) is 2.88. The van der Waals surface area contributed by atoms with Gasteiger partial charge in [-0.25, -0.2) is 9.59 Å². The Morgan fingerprint density at radius 2 is 1.66 bits per heavy atom. The van der Waals surface area contributed by atoms with Crippen molar-refractivity contribution in [3.63, 3.8) is 0 Å². The number of carbonyl (C=O) groups excluding carboxylic acids is 2. The number of esters is 1. The highest BCUT2D eigenvalue weighted by Gasteiger charge is 2.16. The number of anilines is 1. The van der Waals surface area contributed by atoms with Gasteiger partial charge in [-0.15, -0.1) is 0 Å². The molecular formula is C22H28N4O3. The van der Waals surface area contributed by atoms with E-state index in [-0.39, 0.29) is 12.6 Å². The fourth-order valence-corrected chi connectivity index (χ4v) is 2.88. The Morgan fingerprint density at radius 1 is 1.03 bits per heavy atom. The molecule has 0 bridgehead atoms. The third-order valence-corrected chi connectivity index (χ3v) is 4.32. The number of aryl methyl sites for hydroxylation is 2. The zero-order valence-electron chi connectivity index (χ0n) is 17.1. The number of urea groups is 1. The highest BCUT2D eigenvalue weighted by atomic mass is 16.5. The van der Waals surface area contributed by atoms with E-state index in [2.05, 4.69) is 15.6 Å². The molecule has 7 nitrogen and oxygen atoms in total. The van der Waals surface area contributed by atoms with Crippen LogP contribution in [0, 0.1) is 0 Å². The van der Waals surface area contributed by atoms with Gasteiger partial charge in [0.2, 0.25) is 0 Å². The van der Waals surface area contributed by atoms with Gasteiger partial charge in [0.1, 0.15) is 6.61 Å². The molecule has 0 atom stereocenters. The van der Waals surface area contributed by atoms with Crippen LogP contribution >= 0.6 is 0 Å². The predicted molar refractivity (Wildman–Crippen MR) is 115 cm³/mol. The molecule has 2 aromatic carbocycles. The molecule has 0 spiro atoms. The van der Waals surface area contributed by atoms with Crippen LogP contribution in [0.4, 0.5) is 10.5 Å². The van der Waals surface area contributed by atoms with Gasteiger partial charge in [0.25, 0.3) is 0 Å². The molecule has 29 heavy (non-hydrogen) atoms. The molecule has 0 heterocycles. The van der Waals surface area contributed by atoms with E-state index in [0.29, 0.717) is 30.6 Å². The van der Waals surface area contributed by atoms with Gasteiger partial charge in [-0.3, -0.25) is 10.3 Å². The summed E-state index contributed by atoms with van der Waals surface area (Å²) < 4.78 is 5.44. The number of benzene rings is 2. The Morgan fingerprint density at radius 3 is 2.21 bits per heavy atom. The molecule has 0 aliphatic rings. The smallest absolute Gasteiger partial charge is 0.338 e. The first-order chi connectivity index (χ1) is 14.0. The van der Waals surface area contributed by atoms with E-state index in [0.717, 1.165) is 16.7 Å².